The van der Waals surface area contributed by atoms with E-state index in [1.165, 1.54) is 18.2 Å². The van der Waals surface area contributed by atoms with Crippen LogP contribution in [0.25, 0.3) is 0 Å². The maximum atomic E-state index is 13.7. The second kappa shape index (κ2) is 6.38. The van der Waals surface area contributed by atoms with Gasteiger partial charge in [-0.2, -0.15) is 0 Å². The summed E-state index contributed by atoms with van der Waals surface area (Å²) < 4.78 is 13.7. The van der Waals surface area contributed by atoms with Crippen molar-refractivity contribution in [1.82, 2.24) is 0 Å². The van der Waals surface area contributed by atoms with E-state index in [1.807, 2.05) is 6.92 Å². The van der Waals surface area contributed by atoms with Gasteiger partial charge in [-0.1, -0.05) is 32.8 Å². The minimum absolute atomic E-state index is 0.0205. The lowest BCUT2D eigenvalue weighted by Gasteiger charge is -2.24. The molecule has 0 aliphatic carbocycles. The highest BCUT2D eigenvalue weighted by Crippen LogP contribution is 2.24. The van der Waals surface area contributed by atoms with Gasteiger partial charge >= 0.3 is 5.97 Å². The molecule has 100 valence electrons. The van der Waals surface area contributed by atoms with Crippen molar-refractivity contribution in [2.75, 3.05) is 5.32 Å². The lowest BCUT2D eigenvalue weighted by molar-refractivity contribution is 0.0697. The van der Waals surface area contributed by atoms with Crippen molar-refractivity contribution < 1.29 is 14.3 Å². The number of halogens is 1. The first-order chi connectivity index (χ1) is 8.51. The molecule has 0 bridgehead atoms. The topological polar surface area (TPSA) is 49.3 Å². The van der Waals surface area contributed by atoms with Gasteiger partial charge < -0.3 is 10.4 Å². The number of benzene rings is 1. The largest absolute Gasteiger partial charge is 0.478 e. The zero-order valence-corrected chi connectivity index (χ0v) is 11.0. The van der Waals surface area contributed by atoms with Gasteiger partial charge in [-0.15, -0.1) is 0 Å². The van der Waals surface area contributed by atoms with E-state index in [9.17, 15) is 9.18 Å². The van der Waals surface area contributed by atoms with E-state index in [-0.39, 0.29) is 17.3 Å². The smallest absolute Gasteiger partial charge is 0.337 e. The molecule has 1 aromatic rings. The molecule has 18 heavy (non-hydrogen) atoms. The van der Waals surface area contributed by atoms with Gasteiger partial charge in [0, 0.05) is 6.04 Å². The number of carbonyl (C=O) groups is 1. The molecule has 0 amide bonds. The Labute approximate surface area is 107 Å². The molecule has 1 unspecified atom stereocenters. The second-order valence-corrected chi connectivity index (χ2v) is 4.48. The summed E-state index contributed by atoms with van der Waals surface area (Å²) in [6, 6.07) is 4.13. The van der Waals surface area contributed by atoms with Crippen molar-refractivity contribution in [2.24, 2.45) is 5.92 Å². The van der Waals surface area contributed by atoms with Crippen LogP contribution in [0.15, 0.2) is 18.2 Å². The number of hydrogen-bond acceptors (Lipinski definition) is 2. The number of rotatable bonds is 6. The van der Waals surface area contributed by atoms with Gasteiger partial charge in [-0.3, -0.25) is 0 Å². The molecule has 0 spiro atoms. The molecular weight excluding hydrogens is 233 g/mol. The molecule has 0 fully saturated rings. The Hall–Kier alpha value is -1.58. The molecule has 1 aromatic carbocycles. The highest BCUT2D eigenvalue weighted by molar-refractivity contribution is 5.94. The van der Waals surface area contributed by atoms with Gasteiger partial charge in [0.25, 0.3) is 0 Å². The van der Waals surface area contributed by atoms with Gasteiger partial charge in [-0.05, 0) is 25.0 Å². The maximum Gasteiger partial charge on any atom is 0.337 e. The lowest BCUT2D eigenvalue weighted by atomic mass is 9.95. The molecule has 0 aliphatic heterocycles. The quantitative estimate of drug-likeness (QED) is 0.811. The molecule has 0 aliphatic rings. The van der Waals surface area contributed by atoms with Crippen LogP contribution < -0.4 is 5.32 Å². The summed E-state index contributed by atoms with van der Waals surface area (Å²) in [5.74, 6) is -1.24. The third-order valence-electron chi connectivity index (χ3n) is 3.37. The molecule has 0 heterocycles. The highest BCUT2D eigenvalue weighted by atomic mass is 19.1. The van der Waals surface area contributed by atoms with E-state index in [0.29, 0.717) is 5.92 Å². The molecule has 1 atom stereocenters. The van der Waals surface area contributed by atoms with Crippen molar-refractivity contribution in [3.63, 3.8) is 0 Å². The fourth-order valence-corrected chi connectivity index (χ4v) is 2.19. The minimum atomic E-state index is -1.12. The van der Waals surface area contributed by atoms with E-state index in [2.05, 4.69) is 19.2 Å². The predicted molar refractivity (Wildman–Crippen MR) is 70.5 cm³/mol. The van der Waals surface area contributed by atoms with E-state index >= 15 is 0 Å². The highest BCUT2D eigenvalue weighted by Gasteiger charge is 2.19. The van der Waals surface area contributed by atoms with Crippen LogP contribution in [0.5, 0.6) is 0 Å². The van der Waals surface area contributed by atoms with Gasteiger partial charge in [0.05, 0.1) is 11.3 Å². The molecule has 0 saturated carbocycles. The first-order valence-corrected chi connectivity index (χ1v) is 6.29. The third kappa shape index (κ3) is 3.22. The summed E-state index contributed by atoms with van der Waals surface area (Å²) in [6.45, 7) is 6.10. The Kier molecular flexibility index (Phi) is 5.13. The summed E-state index contributed by atoms with van der Waals surface area (Å²) in [5, 5.41) is 12.1. The van der Waals surface area contributed by atoms with Crippen LogP contribution in [0.2, 0.25) is 0 Å². The number of aromatic carboxylic acids is 1. The van der Waals surface area contributed by atoms with Crippen LogP contribution in [-0.4, -0.2) is 17.1 Å². The Morgan fingerprint density at radius 2 is 2.00 bits per heavy atom. The van der Waals surface area contributed by atoms with E-state index < -0.39 is 11.8 Å². The average molecular weight is 253 g/mol. The maximum absolute atomic E-state index is 13.7. The second-order valence-electron chi connectivity index (χ2n) is 4.48. The summed E-state index contributed by atoms with van der Waals surface area (Å²) in [7, 11) is 0. The van der Waals surface area contributed by atoms with Gasteiger partial charge in [0.15, 0.2) is 0 Å². The normalized spacial score (nSPS) is 12.5. The summed E-state index contributed by atoms with van der Waals surface area (Å²) in [5.41, 5.74) is 0.0669. The molecule has 2 N–H and O–H groups in total. The number of carboxylic acids is 1. The SMILES string of the molecule is CCC(CC)C(C)Nc1c(F)cccc1C(=O)O. The van der Waals surface area contributed by atoms with Crippen LogP contribution in [0.1, 0.15) is 44.0 Å². The van der Waals surface area contributed by atoms with Gasteiger partial charge in [0.1, 0.15) is 5.82 Å². The van der Waals surface area contributed by atoms with Crippen molar-refractivity contribution >= 4 is 11.7 Å². The fraction of sp³-hybridized carbons (Fsp3) is 0.500. The zero-order valence-electron chi connectivity index (χ0n) is 11.0. The summed E-state index contributed by atoms with van der Waals surface area (Å²) in [4.78, 5) is 11.1. The van der Waals surface area contributed by atoms with Crippen molar-refractivity contribution in [3.8, 4) is 0 Å². The number of anilines is 1. The van der Waals surface area contributed by atoms with Gasteiger partial charge in [0.2, 0.25) is 0 Å². The van der Waals surface area contributed by atoms with Crippen LogP contribution in [0, 0.1) is 11.7 Å². The number of nitrogens with one attached hydrogen (secondary N) is 1. The van der Waals surface area contributed by atoms with Crippen molar-refractivity contribution in [1.29, 1.82) is 0 Å². The van der Waals surface area contributed by atoms with Crippen molar-refractivity contribution in [3.05, 3.63) is 29.6 Å². The monoisotopic (exact) mass is 253 g/mol. The number of para-hydroxylation sites is 1. The zero-order chi connectivity index (χ0) is 13.7. The molecule has 4 heteroatoms. The minimum Gasteiger partial charge on any atom is -0.478 e. The Morgan fingerprint density at radius 1 is 1.39 bits per heavy atom. The number of hydrogen-bond donors (Lipinski definition) is 2. The predicted octanol–water partition coefficient (Wildman–Crippen LogP) is 3.76. The summed E-state index contributed by atoms with van der Waals surface area (Å²) in [6.07, 6.45) is 1.95. The van der Waals surface area contributed by atoms with Crippen LogP contribution in [0.3, 0.4) is 0 Å². The molecule has 3 nitrogen and oxygen atoms in total. The molecule has 0 radical (unpaired) electrons. The first-order valence-electron chi connectivity index (χ1n) is 6.29. The Bertz CT molecular complexity index is 416. The lowest BCUT2D eigenvalue weighted by Crippen LogP contribution is -2.26. The number of carboxylic acid groups (broad SMARTS) is 1. The molecule has 1 rings (SSSR count). The Balaban J connectivity index is 2.99. The first kappa shape index (κ1) is 14.5. The van der Waals surface area contributed by atoms with Crippen LogP contribution >= 0.6 is 0 Å². The van der Waals surface area contributed by atoms with E-state index in [4.69, 9.17) is 5.11 Å². The molecular formula is C14H20FNO2. The Morgan fingerprint density at radius 3 is 2.50 bits per heavy atom. The average Bonchev–Trinajstić information content (AvgIpc) is 2.33. The van der Waals surface area contributed by atoms with Crippen LogP contribution in [-0.2, 0) is 0 Å². The van der Waals surface area contributed by atoms with Crippen LogP contribution in [0.4, 0.5) is 10.1 Å². The van der Waals surface area contributed by atoms with E-state index in [1.54, 1.807) is 0 Å². The summed E-state index contributed by atoms with van der Waals surface area (Å²) >= 11 is 0. The van der Waals surface area contributed by atoms with Crippen molar-refractivity contribution in [2.45, 2.75) is 39.7 Å². The van der Waals surface area contributed by atoms with E-state index in [0.717, 1.165) is 12.8 Å². The molecule has 0 saturated heterocycles. The third-order valence-corrected chi connectivity index (χ3v) is 3.37. The fourth-order valence-electron chi connectivity index (χ4n) is 2.19. The molecule has 0 aromatic heterocycles. The van der Waals surface area contributed by atoms with Gasteiger partial charge in [-0.25, -0.2) is 9.18 Å². The standard InChI is InChI=1S/C14H20FNO2/c1-4-10(5-2)9(3)16-13-11(14(17)18)7-6-8-12(13)15/h6-10,16H,4-5H2,1-3H3,(H,17,18).